The summed E-state index contributed by atoms with van der Waals surface area (Å²) >= 11 is 5.90. The molecule has 2 N–H and O–H groups in total. The molecule has 0 saturated heterocycles. The van der Waals surface area contributed by atoms with Crippen molar-refractivity contribution >= 4 is 29.4 Å². The number of benzene rings is 2. The molecule has 0 aliphatic carbocycles. The van der Waals surface area contributed by atoms with Gasteiger partial charge in [0.15, 0.2) is 0 Å². The molecule has 7 heteroatoms. The Morgan fingerprint density at radius 2 is 2.08 bits per heavy atom. The van der Waals surface area contributed by atoms with Crippen molar-refractivity contribution in [2.75, 3.05) is 6.61 Å². The fourth-order valence-electron chi connectivity index (χ4n) is 2.61. The second-order valence-corrected chi connectivity index (χ2v) is 6.15. The van der Waals surface area contributed by atoms with Crippen LogP contribution < -0.4 is 15.4 Å². The number of aliphatic imine (C=N–C) groups is 1. The summed E-state index contributed by atoms with van der Waals surface area (Å²) in [6.07, 6.45) is 0.213. The van der Waals surface area contributed by atoms with Gasteiger partial charge < -0.3 is 4.74 Å². The highest BCUT2D eigenvalue weighted by molar-refractivity contribution is 6.31. The maximum atomic E-state index is 12.3. The Kier molecular flexibility index (Phi) is 5.53. The van der Waals surface area contributed by atoms with Crippen molar-refractivity contribution in [3.05, 3.63) is 64.7 Å². The van der Waals surface area contributed by atoms with Crippen LogP contribution in [0.2, 0.25) is 5.02 Å². The number of nitrogens with one attached hydrogen (secondary N) is 2. The molecule has 1 aliphatic heterocycles. The fraction of sp³-hybridized carbons (Fsp3) is 0.211. The Bertz CT molecular complexity index is 849. The van der Waals surface area contributed by atoms with Crippen LogP contribution in [0.3, 0.4) is 0 Å². The monoisotopic (exact) mass is 371 g/mol. The fourth-order valence-corrected chi connectivity index (χ4v) is 2.80. The summed E-state index contributed by atoms with van der Waals surface area (Å²) in [5, 5.41) is 5.66. The van der Waals surface area contributed by atoms with E-state index in [0.717, 1.165) is 11.3 Å². The van der Waals surface area contributed by atoms with Crippen LogP contribution >= 0.6 is 11.6 Å². The van der Waals surface area contributed by atoms with E-state index >= 15 is 0 Å². The minimum atomic E-state index is -0.390. The molecule has 1 heterocycles. The van der Waals surface area contributed by atoms with Gasteiger partial charge in [0.1, 0.15) is 5.75 Å². The van der Waals surface area contributed by atoms with Crippen LogP contribution in [0.15, 0.2) is 53.5 Å². The Hall–Kier alpha value is -2.86. The molecule has 3 rings (SSSR count). The second kappa shape index (κ2) is 8.01. The van der Waals surface area contributed by atoms with Gasteiger partial charge >= 0.3 is 0 Å². The zero-order valence-corrected chi connectivity index (χ0v) is 14.9. The molecule has 134 valence electrons. The summed E-state index contributed by atoms with van der Waals surface area (Å²) in [6.45, 7) is 2.50. The zero-order chi connectivity index (χ0) is 18.5. The molecular formula is C19H18ClN3O3. The van der Waals surface area contributed by atoms with Crippen LogP contribution in [0.25, 0.3) is 0 Å². The molecule has 0 bridgehead atoms. The van der Waals surface area contributed by atoms with E-state index in [1.165, 1.54) is 0 Å². The van der Waals surface area contributed by atoms with Crippen molar-refractivity contribution < 1.29 is 14.3 Å². The molecule has 26 heavy (non-hydrogen) atoms. The molecular weight excluding hydrogens is 354 g/mol. The third-order valence-electron chi connectivity index (χ3n) is 3.82. The Morgan fingerprint density at radius 3 is 2.77 bits per heavy atom. The van der Waals surface area contributed by atoms with Crippen LogP contribution in [0.5, 0.6) is 5.75 Å². The molecule has 0 aromatic heterocycles. The molecule has 0 unspecified atom stereocenters. The number of hydrogen-bond acceptors (Lipinski definition) is 4. The normalized spacial score (nSPS) is 16.5. The van der Waals surface area contributed by atoms with Crippen LogP contribution in [0.1, 0.15) is 35.3 Å². The number of amides is 2. The SMILES string of the molecule is CCOc1ccc([C@@H]2CC(=O)NC(NC(=O)c3cccc(Cl)c3)=N2)cc1. The van der Waals surface area contributed by atoms with Gasteiger partial charge in [-0.2, -0.15) is 0 Å². The largest absolute Gasteiger partial charge is 0.494 e. The van der Waals surface area contributed by atoms with Crippen LogP contribution in [0.4, 0.5) is 0 Å². The average molecular weight is 372 g/mol. The van der Waals surface area contributed by atoms with Gasteiger partial charge in [-0.15, -0.1) is 0 Å². The molecule has 1 atom stereocenters. The average Bonchev–Trinajstić information content (AvgIpc) is 2.62. The number of carbonyl (C=O) groups excluding carboxylic acids is 2. The van der Waals surface area contributed by atoms with Gasteiger partial charge in [0.25, 0.3) is 5.91 Å². The number of guanidine groups is 1. The van der Waals surface area contributed by atoms with Crippen LogP contribution in [-0.4, -0.2) is 24.4 Å². The van der Waals surface area contributed by atoms with Gasteiger partial charge in [0.05, 0.1) is 19.1 Å². The van der Waals surface area contributed by atoms with E-state index in [1.807, 2.05) is 31.2 Å². The standard InChI is InChI=1S/C19H18ClN3O3/c1-2-26-15-8-6-12(7-9-15)16-11-17(24)22-19(21-16)23-18(25)13-4-3-5-14(20)10-13/h3-10,16H,2,11H2,1H3,(H2,21,22,23,24,25)/t16-/m0/s1. The molecule has 0 saturated carbocycles. The first-order valence-electron chi connectivity index (χ1n) is 8.22. The van der Waals surface area contributed by atoms with Gasteiger partial charge in [-0.1, -0.05) is 29.8 Å². The van der Waals surface area contributed by atoms with Crippen molar-refractivity contribution in [2.24, 2.45) is 4.99 Å². The Balaban J connectivity index is 1.76. The predicted molar refractivity (Wildman–Crippen MR) is 99.5 cm³/mol. The summed E-state index contributed by atoms with van der Waals surface area (Å²) in [5.41, 5.74) is 1.26. The first-order valence-corrected chi connectivity index (χ1v) is 8.60. The number of ether oxygens (including phenoxy) is 1. The van der Waals surface area contributed by atoms with Crippen LogP contribution in [0, 0.1) is 0 Å². The number of nitrogens with zero attached hydrogens (tertiary/aromatic N) is 1. The van der Waals surface area contributed by atoms with Gasteiger partial charge in [-0.3, -0.25) is 20.2 Å². The number of hydrogen-bond donors (Lipinski definition) is 2. The molecule has 6 nitrogen and oxygen atoms in total. The topological polar surface area (TPSA) is 79.8 Å². The third kappa shape index (κ3) is 4.40. The molecule has 1 aliphatic rings. The first-order chi connectivity index (χ1) is 12.5. The molecule has 2 aromatic rings. The van der Waals surface area contributed by atoms with Gasteiger partial charge in [-0.25, -0.2) is 4.99 Å². The number of halogens is 1. The summed E-state index contributed by atoms with van der Waals surface area (Å²) < 4.78 is 5.42. The lowest BCUT2D eigenvalue weighted by Gasteiger charge is -2.21. The smallest absolute Gasteiger partial charge is 0.258 e. The van der Waals surface area contributed by atoms with E-state index < -0.39 is 0 Å². The molecule has 2 amide bonds. The van der Waals surface area contributed by atoms with E-state index in [1.54, 1.807) is 24.3 Å². The second-order valence-electron chi connectivity index (χ2n) is 5.71. The van der Waals surface area contributed by atoms with Crippen molar-refractivity contribution in [3.8, 4) is 5.75 Å². The lowest BCUT2D eigenvalue weighted by Crippen LogP contribution is -2.47. The molecule has 0 fully saturated rings. The van der Waals surface area contributed by atoms with E-state index in [9.17, 15) is 9.59 Å². The molecule has 2 aromatic carbocycles. The summed E-state index contributed by atoms with van der Waals surface area (Å²) in [4.78, 5) is 28.8. The molecule has 0 spiro atoms. The van der Waals surface area contributed by atoms with E-state index in [0.29, 0.717) is 17.2 Å². The lowest BCUT2D eigenvalue weighted by atomic mass is 10.0. The van der Waals surface area contributed by atoms with Crippen molar-refractivity contribution in [3.63, 3.8) is 0 Å². The van der Waals surface area contributed by atoms with E-state index in [2.05, 4.69) is 15.6 Å². The highest BCUT2D eigenvalue weighted by Crippen LogP contribution is 2.25. The maximum absolute atomic E-state index is 12.3. The summed E-state index contributed by atoms with van der Waals surface area (Å²) in [5.74, 6) is 0.291. The quantitative estimate of drug-likeness (QED) is 0.866. The van der Waals surface area contributed by atoms with Crippen molar-refractivity contribution in [2.45, 2.75) is 19.4 Å². The van der Waals surface area contributed by atoms with Gasteiger partial charge in [0, 0.05) is 10.6 Å². The highest BCUT2D eigenvalue weighted by atomic mass is 35.5. The minimum absolute atomic E-state index is 0.130. The van der Waals surface area contributed by atoms with Crippen molar-refractivity contribution in [1.29, 1.82) is 0 Å². The Morgan fingerprint density at radius 1 is 1.31 bits per heavy atom. The van der Waals surface area contributed by atoms with Gasteiger partial charge in [0.2, 0.25) is 11.9 Å². The van der Waals surface area contributed by atoms with E-state index in [-0.39, 0.29) is 30.2 Å². The summed E-state index contributed by atoms with van der Waals surface area (Å²) in [7, 11) is 0. The third-order valence-corrected chi connectivity index (χ3v) is 4.05. The van der Waals surface area contributed by atoms with E-state index in [4.69, 9.17) is 16.3 Å². The predicted octanol–water partition coefficient (Wildman–Crippen LogP) is 3.09. The number of rotatable bonds is 4. The summed E-state index contributed by atoms with van der Waals surface area (Å²) in [6, 6.07) is 13.6. The Labute approximate surface area is 156 Å². The maximum Gasteiger partial charge on any atom is 0.258 e. The number of carbonyl (C=O) groups is 2. The van der Waals surface area contributed by atoms with Gasteiger partial charge in [-0.05, 0) is 42.8 Å². The zero-order valence-electron chi connectivity index (χ0n) is 14.2. The highest BCUT2D eigenvalue weighted by Gasteiger charge is 2.23. The lowest BCUT2D eigenvalue weighted by molar-refractivity contribution is -0.120. The molecule has 0 radical (unpaired) electrons. The van der Waals surface area contributed by atoms with Crippen molar-refractivity contribution in [1.82, 2.24) is 10.6 Å². The first kappa shape index (κ1) is 17.9. The van der Waals surface area contributed by atoms with Crippen LogP contribution in [-0.2, 0) is 4.79 Å². The minimum Gasteiger partial charge on any atom is -0.494 e.